The van der Waals surface area contributed by atoms with Crippen LogP contribution in [0.15, 0.2) is 10.5 Å². The number of anilines is 2. The number of nitrogens with zero attached hydrogens (tertiary/aromatic N) is 3. The second kappa shape index (κ2) is 9.21. The van der Waals surface area contributed by atoms with Crippen LogP contribution in [0.25, 0.3) is 0 Å². The molecule has 1 aliphatic carbocycles. The van der Waals surface area contributed by atoms with Crippen molar-refractivity contribution in [1.29, 1.82) is 0 Å². The second-order valence-electron chi connectivity index (χ2n) is 6.08. The highest BCUT2D eigenvalue weighted by atomic mass is 35.5. The molecule has 26 heavy (non-hydrogen) atoms. The first-order valence-electron chi connectivity index (χ1n) is 8.36. The predicted octanol–water partition coefficient (Wildman–Crippen LogP) is 5.02. The van der Waals surface area contributed by atoms with Crippen molar-refractivity contribution in [3.63, 3.8) is 0 Å². The third-order valence-electron chi connectivity index (χ3n) is 4.13. The summed E-state index contributed by atoms with van der Waals surface area (Å²) in [5.41, 5.74) is 0.689. The van der Waals surface area contributed by atoms with Crippen LogP contribution in [0.2, 0.25) is 10.0 Å². The molecule has 3 rings (SSSR count). The van der Waals surface area contributed by atoms with Crippen LogP contribution in [0, 0.1) is 6.92 Å². The minimum absolute atomic E-state index is 0.205. The Balaban J connectivity index is 1.49. The van der Waals surface area contributed by atoms with Crippen LogP contribution in [0.4, 0.5) is 10.9 Å². The highest BCUT2D eigenvalue weighted by molar-refractivity contribution is 8.01. The lowest BCUT2D eigenvalue weighted by molar-refractivity contribution is -0.113. The smallest absolute Gasteiger partial charge is 0.236 e. The van der Waals surface area contributed by atoms with Gasteiger partial charge in [-0.15, -0.1) is 10.2 Å². The Hall–Kier alpha value is -1.09. The molecular weight excluding hydrogens is 413 g/mol. The number of halogens is 2. The van der Waals surface area contributed by atoms with Gasteiger partial charge in [-0.2, -0.15) is 0 Å². The SMILES string of the molecule is Cc1c(Cl)cnc(NC(=O)CSc2nnc(NC3CCCCC3)s2)c1Cl. The van der Waals surface area contributed by atoms with Gasteiger partial charge >= 0.3 is 0 Å². The molecule has 1 fully saturated rings. The quantitative estimate of drug-likeness (QED) is 0.624. The molecule has 2 N–H and O–H groups in total. The number of nitrogens with one attached hydrogen (secondary N) is 2. The Labute approximate surface area is 170 Å². The molecule has 0 radical (unpaired) electrons. The van der Waals surface area contributed by atoms with Crippen molar-refractivity contribution in [3.8, 4) is 0 Å². The van der Waals surface area contributed by atoms with E-state index in [2.05, 4.69) is 25.8 Å². The fourth-order valence-electron chi connectivity index (χ4n) is 2.69. The zero-order valence-electron chi connectivity index (χ0n) is 14.2. The molecule has 0 aromatic carbocycles. The van der Waals surface area contributed by atoms with Gasteiger partial charge in [0.25, 0.3) is 0 Å². The van der Waals surface area contributed by atoms with Crippen LogP contribution in [0.1, 0.15) is 37.7 Å². The fourth-order valence-corrected chi connectivity index (χ4v) is 4.71. The Morgan fingerprint density at radius 1 is 1.31 bits per heavy atom. The minimum atomic E-state index is -0.205. The molecule has 0 unspecified atom stereocenters. The normalized spacial score (nSPS) is 15.0. The molecule has 2 aromatic heterocycles. The third kappa shape index (κ3) is 5.22. The Kier molecular flexibility index (Phi) is 6.97. The van der Waals surface area contributed by atoms with E-state index in [0.717, 1.165) is 9.47 Å². The summed E-state index contributed by atoms with van der Waals surface area (Å²) in [6.07, 6.45) is 7.67. The molecule has 0 spiro atoms. The average molecular weight is 432 g/mol. The van der Waals surface area contributed by atoms with E-state index in [-0.39, 0.29) is 11.7 Å². The second-order valence-corrected chi connectivity index (χ2v) is 9.07. The van der Waals surface area contributed by atoms with Gasteiger partial charge in [-0.05, 0) is 25.3 Å². The molecule has 1 amide bonds. The van der Waals surface area contributed by atoms with Crippen LogP contribution in [0.5, 0.6) is 0 Å². The number of thioether (sulfide) groups is 1. The molecular formula is C16H19Cl2N5OS2. The maximum absolute atomic E-state index is 12.1. The average Bonchev–Trinajstić information content (AvgIpc) is 3.09. The van der Waals surface area contributed by atoms with E-state index in [4.69, 9.17) is 23.2 Å². The van der Waals surface area contributed by atoms with Gasteiger partial charge in [-0.1, -0.05) is 65.6 Å². The van der Waals surface area contributed by atoms with E-state index in [1.807, 2.05) is 0 Å². The van der Waals surface area contributed by atoms with Crippen molar-refractivity contribution in [1.82, 2.24) is 15.2 Å². The first-order chi connectivity index (χ1) is 12.5. The van der Waals surface area contributed by atoms with Crippen molar-refractivity contribution in [3.05, 3.63) is 21.8 Å². The van der Waals surface area contributed by atoms with Crippen molar-refractivity contribution >= 4 is 63.2 Å². The molecule has 0 aliphatic heterocycles. The number of pyridine rings is 1. The lowest BCUT2D eigenvalue weighted by Crippen LogP contribution is -2.21. The first kappa shape index (κ1) is 19.7. The van der Waals surface area contributed by atoms with E-state index in [1.165, 1.54) is 61.4 Å². The van der Waals surface area contributed by atoms with E-state index < -0.39 is 0 Å². The van der Waals surface area contributed by atoms with Crippen molar-refractivity contribution in [2.24, 2.45) is 0 Å². The number of aromatic nitrogens is 3. The molecule has 10 heteroatoms. The summed E-state index contributed by atoms with van der Waals surface area (Å²) >= 11 is 14.9. The van der Waals surface area contributed by atoms with Gasteiger partial charge in [0, 0.05) is 12.2 Å². The fraction of sp³-hybridized carbons (Fsp3) is 0.500. The van der Waals surface area contributed by atoms with Crippen molar-refractivity contribution in [2.75, 3.05) is 16.4 Å². The molecule has 1 saturated carbocycles. The number of amides is 1. The van der Waals surface area contributed by atoms with Crippen molar-refractivity contribution < 1.29 is 4.79 Å². The molecule has 0 bridgehead atoms. The van der Waals surface area contributed by atoms with Crippen molar-refractivity contribution in [2.45, 2.75) is 49.4 Å². The largest absolute Gasteiger partial charge is 0.357 e. The van der Waals surface area contributed by atoms with Gasteiger partial charge < -0.3 is 10.6 Å². The Bertz CT molecular complexity index is 780. The molecule has 0 atom stereocenters. The molecule has 1 aliphatic rings. The van der Waals surface area contributed by atoms with E-state index in [9.17, 15) is 4.79 Å². The summed E-state index contributed by atoms with van der Waals surface area (Å²) < 4.78 is 0.754. The van der Waals surface area contributed by atoms with Crippen LogP contribution in [-0.2, 0) is 4.79 Å². The predicted molar refractivity (Wildman–Crippen MR) is 109 cm³/mol. The van der Waals surface area contributed by atoms with Gasteiger partial charge in [-0.3, -0.25) is 4.79 Å². The highest BCUT2D eigenvalue weighted by Crippen LogP contribution is 2.30. The Morgan fingerprint density at radius 3 is 2.85 bits per heavy atom. The lowest BCUT2D eigenvalue weighted by Gasteiger charge is -2.21. The van der Waals surface area contributed by atoms with Crippen LogP contribution in [-0.4, -0.2) is 32.9 Å². The number of hydrogen-bond donors (Lipinski definition) is 2. The zero-order chi connectivity index (χ0) is 18.5. The van der Waals surface area contributed by atoms with E-state index >= 15 is 0 Å². The number of hydrogen-bond acceptors (Lipinski definition) is 7. The monoisotopic (exact) mass is 431 g/mol. The molecule has 6 nitrogen and oxygen atoms in total. The van der Waals surface area contributed by atoms with E-state index in [1.54, 1.807) is 6.92 Å². The van der Waals surface area contributed by atoms with Gasteiger partial charge in [0.05, 0.1) is 15.8 Å². The number of carbonyl (C=O) groups is 1. The third-order valence-corrected chi connectivity index (χ3v) is 6.96. The zero-order valence-corrected chi connectivity index (χ0v) is 17.4. The summed E-state index contributed by atoms with van der Waals surface area (Å²) in [5, 5.41) is 16.1. The van der Waals surface area contributed by atoms with Gasteiger partial charge in [0.1, 0.15) is 0 Å². The highest BCUT2D eigenvalue weighted by Gasteiger charge is 2.16. The minimum Gasteiger partial charge on any atom is -0.357 e. The first-order valence-corrected chi connectivity index (χ1v) is 10.9. The summed E-state index contributed by atoms with van der Waals surface area (Å²) in [5.74, 6) is 0.316. The van der Waals surface area contributed by atoms with Crippen LogP contribution < -0.4 is 10.6 Å². The lowest BCUT2D eigenvalue weighted by atomic mass is 9.96. The van der Waals surface area contributed by atoms with Gasteiger partial charge in [-0.25, -0.2) is 4.98 Å². The summed E-state index contributed by atoms with van der Waals surface area (Å²) in [4.78, 5) is 16.2. The maximum atomic E-state index is 12.1. The number of carbonyl (C=O) groups excluding carboxylic acids is 1. The maximum Gasteiger partial charge on any atom is 0.236 e. The van der Waals surface area contributed by atoms with Gasteiger partial charge in [0.2, 0.25) is 11.0 Å². The topological polar surface area (TPSA) is 79.8 Å². The molecule has 140 valence electrons. The van der Waals surface area contributed by atoms with Gasteiger partial charge in [0.15, 0.2) is 10.2 Å². The molecule has 0 saturated heterocycles. The van der Waals surface area contributed by atoms with Crippen LogP contribution >= 0.6 is 46.3 Å². The summed E-state index contributed by atoms with van der Waals surface area (Å²) in [6.45, 7) is 1.78. The van der Waals surface area contributed by atoms with Crippen LogP contribution in [0.3, 0.4) is 0 Å². The number of rotatable bonds is 6. The molecule has 2 aromatic rings. The summed E-state index contributed by atoms with van der Waals surface area (Å²) in [6, 6.07) is 0.485. The standard InChI is InChI=1S/C16H19Cl2N5OS2/c1-9-11(17)7-19-14(13(9)18)21-12(24)8-25-16-23-22-15(26-16)20-10-5-3-2-4-6-10/h7,10H,2-6,8H2,1H3,(H,20,22)(H,19,21,24). The van der Waals surface area contributed by atoms with E-state index in [0.29, 0.717) is 27.5 Å². The summed E-state index contributed by atoms with van der Waals surface area (Å²) in [7, 11) is 0. The Morgan fingerprint density at radius 2 is 2.08 bits per heavy atom. The molecule has 2 heterocycles.